The van der Waals surface area contributed by atoms with Crippen LogP contribution >= 0.6 is 0 Å². The molecule has 0 fully saturated rings. The van der Waals surface area contributed by atoms with Crippen LogP contribution in [0.5, 0.6) is 0 Å². The maximum Gasteiger partial charge on any atom is 0.181 e. The first kappa shape index (κ1) is 4.07. The van der Waals surface area contributed by atoms with E-state index in [1.165, 1.54) is 0 Å². The molecule has 0 rings (SSSR count). The molecule has 0 aliphatic carbocycles. The Bertz CT molecular complexity index is 44.9. The number of hydrogen-bond donors (Lipinski definition) is 2. The van der Waals surface area contributed by atoms with Crippen molar-refractivity contribution < 1.29 is 0 Å². The van der Waals surface area contributed by atoms with Crippen molar-refractivity contribution in [1.29, 1.82) is 0 Å². The lowest BCUT2D eigenvalue weighted by Crippen LogP contribution is -2.21. The summed E-state index contributed by atoms with van der Waals surface area (Å²) in [6.45, 7) is 0. The van der Waals surface area contributed by atoms with E-state index < -0.39 is 5.96 Å². The Labute approximate surface area is 29.1 Å². The van der Waals surface area contributed by atoms with Crippen molar-refractivity contribution in [2.75, 3.05) is 0 Å². The molecule has 0 radical (unpaired) electrons. The number of guanidine groups is 1. The molecular formula is CH4N3O-. The van der Waals surface area contributed by atoms with Crippen molar-refractivity contribution in [3.05, 3.63) is 5.21 Å². The normalized spacial score (nSPS) is 6.40. The maximum absolute atomic E-state index is 8.97. The molecule has 0 saturated carbocycles. The van der Waals surface area contributed by atoms with Gasteiger partial charge in [0.25, 0.3) is 0 Å². The van der Waals surface area contributed by atoms with Gasteiger partial charge < -0.3 is 16.7 Å². The van der Waals surface area contributed by atoms with Gasteiger partial charge in [-0.1, -0.05) is 0 Å². The van der Waals surface area contributed by atoms with Gasteiger partial charge in [0.2, 0.25) is 0 Å². The van der Waals surface area contributed by atoms with Crippen LogP contribution < -0.4 is 11.5 Å². The van der Waals surface area contributed by atoms with Crippen molar-refractivity contribution in [3.8, 4) is 0 Å². The molecule has 0 bridgehead atoms. The van der Waals surface area contributed by atoms with Gasteiger partial charge in [-0.15, -0.1) is 0 Å². The summed E-state index contributed by atoms with van der Waals surface area (Å²) in [5.41, 5.74) is 9.01. The van der Waals surface area contributed by atoms with Crippen LogP contribution in [0.3, 0.4) is 0 Å². The van der Waals surface area contributed by atoms with Crippen LogP contribution in [0.4, 0.5) is 0 Å². The molecule has 0 aromatic rings. The van der Waals surface area contributed by atoms with Gasteiger partial charge in [-0.05, 0) is 0 Å². The zero-order valence-corrected chi connectivity index (χ0v) is 2.51. The number of rotatable bonds is 0. The summed E-state index contributed by atoms with van der Waals surface area (Å²) < 4.78 is 0. The number of hydrogen-bond acceptors (Lipinski definition) is 2. The van der Waals surface area contributed by atoms with Gasteiger partial charge in [0.05, 0.1) is 0 Å². The smallest absolute Gasteiger partial charge is 0.181 e. The predicted octanol–water partition coefficient (Wildman–Crippen LogP) is -1.24. The monoisotopic (exact) mass is 74.0 g/mol. The zero-order chi connectivity index (χ0) is 4.28. The average Bonchev–Trinajstić information content (AvgIpc) is 1.38. The highest BCUT2D eigenvalue weighted by atomic mass is 16.4. The minimum Gasteiger partial charge on any atom is -0.789 e. The van der Waals surface area contributed by atoms with E-state index in [9.17, 15) is 0 Å². The molecule has 0 aromatic heterocycles. The lowest BCUT2D eigenvalue weighted by Gasteiger charge is -1.88. The van der Waals surface area contributed by atoms with Crippen LogP contribution in [-0.4, -0.2) is 5.96 Å². The fourth-order valence-electron chi connectivity index (χ4n) is 0. The molecule has 0 aromatic carbocycles. The second-order valence-electron chi connectivity index (χ2n) is 0.516. The van der Waals surface area contributed by atoms with E-state index in [1.54, 1.807) is 0 Å². The maximum atomic E-state index is 8.97. The van der Waals surface area contributed by atoms with Crippen LogP contribution in [0.2, 0.25) is 0 Å². The predicted molar refractivity (Wildman–Crippen MR) is 19.2 cm³/mol. The summed E-state index contributed by atoms with van der Waals surface area (Å²) in [6.07, 6.45) is 0. The topological polar surface area (TPSA) is 87.5 Å². The highest BCUT2D eigenvalue weighted by molar-refractivity contribution is 5.75. The minimum absolute atomic E-state index is 0.426. The Balaban J connectivity index is 3.14. The van der Waals surface area contributed by atoms with Crippen molar-refractivity contribution in [3.63, 3.8) is 0 Å². The van der Waals surface area contributed by atoms with Crippen molar-refractivity contribution >= 4 is 5.96 Å². The van der Waals surface area contributed by atoms with E-state index in [0.717, 1.165) is 0 Å². The van der Waals surface area contributed by atoms with Crippen molar-refractivity contribution in [2.45, 2.75) is 0 Å². The standard InChI is InChI=1S/CH5N3O/c2-1(3)4-5/h5H,(H4,2,3,4)/p-1. The Hall–Kier alpha value is -0.930. The molecule has 4 heteroatoms. The quantitative estimate of drug-likeness (QED) is 0.214. The third-order valence-corrected chi connectivity index (χ3v) is 0.105. The Kier molecular flexibility index (Phi) is 1.14. The highest BCUT2D eigenvalue weighted by Gasteiger charge is 1.57. The van der Waals surface area contributed by atoms with E-state index in [1.807, 2.05) is 0 Å². The molecule has 0 saturated heterocycles. The molecule has 0 spiro atoms. The van der Waals surface area contributed by atoms with Crippen molar-refractivity contribution in [1.82, 2.24) is 0 Å². The molecular weight excluding hydrogens is 70.0 g/mol. The molecule has 4 nitrogen and oxygen atoms in total. The highest BCUT2D eigenvalue weighted by Crippen LogP contribution is 1.44. The lowest BCUT2D eigenvalue weighted by molar-refractivity contribution is 1.45. The first-order valence-electron chi connectivity index (χ1n) is 0.984. The molecule has 30 valence electrons. The fourth-order valence-corrected chi connectivity index (χ4v) is 0. The molecule has 0 aliphatic rings. The first-order valence-corrected chi connectivity index (χ1v) is 0.984. The summed E-state index contributed by atoms with van der Waals surface area (Å²) in [5, 5.41) is 11.1. The van der Waals surface area contributed by atoms with E-state index in [-0.39, 0.29) is 0 Å². The van der Waals surface area contributed by atoms with Gasteiger partial charge in [-0.3, -0.25) is 5.16 Å². The summed E-state index contributed by atoms with van der Waals surface area (Å²) in [7, 11) is 0. The fraction of sp³-hybridized carbons (Fsp3) is 0. The lowest BCUT2D eigenvalue weighted by atomic mass is 11.1. The van der Waals surface area contributed by atoms with Gasteiger partial charge in [-0.2, -0.15) is 0 Å². The molecule has 5 heavy (non-hydrogen) atoms. The second-order valence-corrected chi connectivity index (χ2v) is 0.516. The van der Waals surface area contributed by atoms with Gasteiger partial charge in [0, 0.05) is 0 Å². The van der Waals surface area contributed by atoms with Gasteiger partial charge in [0.15, 0.2) is 5.96 Å². The molecule has 4 N–H and O–H groups in total. The Morgan fingerprint density at radius 3 is 1.80 bits per heavy atom. The van der Waals surface area contributed by atoms with Gasteiger partial charge >= 0.3 is 0 Å². The van der Waals surface area contributed by atoms with Crippen LogP contribution in [0.25, 0.3) is 0 Å². The second kappa shape index (κ2) is 1.40. The SMILES string of the molecule is NC(N)=N[O-]. The van der Waals surface area contributed by atoms with Crippen molar-refractivity contribution in [2.24, 2.45) is 16.6 Å². The van der Waals surface area contributed by atoms with Crippen LogP contribution in [0, 0.1) is 5.21 Å². The van der Waals surface area contributed by atoms with Gasteiger partial charge in [-0.25, -0.2) is 0 Å². The van der Waals surface area contributed by atoms with Crippen LogP contribution in [0.15, 0.2) is 5.16 Å². The molecule has 0 aliphatic heterocycles. The van der Waals surface area contributed by atoms with Crippen LogP contribution in [-0.2, 0) is 0 Å². The Morgan fingerprint density at radius 1 is 1.60 bits per heavy atom. The molecule has 0 amide bonds. The van der Waals surface area contributed by atoms with Gasteiger partial charge in [0.1, 0.15) is 0 Å². The molecule has 0 atom stereocenters. The summed E-state index contributed by atoms with van der Waals surface area (Å²) in [5.74, 6) is -0.426. The number of nitrogens with zero attached hydrogens (tertiary/aromatic N) is 1. The van der Waals surface area contributed by atoms with E-state index in [4.69, 9.17) is 5.21 Å². The largest absolute Gasteiger partial charge is 0.789 e. The zero-order valence-electron chi connectivity index (χ0n) is 2.51. The van der Waals surface area contributed by atoms with E-state index >= 15 is 0 Å². The van der Waals surface area contributed by atoms with E-state index in [0.29, 0.717) is 0 Å². The summed E-state index contributed by atoms with van der Waals surface area (Å²) >= 11 is 0. The summed E-state index contributed by atoms with van der Waals surface area (Å²) in [4.78, 5) is 0. The molecule has 0 heterocycles. The minimum atomic E-state index is -0.426. The first-order chi connectivity index (χ1) is 2.27. The third-order valence-electron chi connectivity index (χ3n) is 0.105. The molecule has 0 unspecified atom stereocenters. The average molecular weight is 74.1 g/mol. The number of nitrogens with two attached hydrogens (primary N) is 2. The van der Waals surface area contributed by atoms with Crippen LogP contribution in [0.1, 0.15) is 0 Å². The summed E-state index contributed by atoms with van der Waals surface area (Å²) in [6, 6.07) is 0. The van der Waals surface area contributed by atoms with E-state index in [2.05, 4.69) is 16.6 Å². The Morgan fingerprint density at radius 2 is 1.80 bits per heavy atom. The third kappa shape index (κ3) is 3.07.